The van der Waals surface area contributed by atoms with Crippen molar-refractivity contribution in [3.05, 3.63) is 64.9 Å². The topological polar surface area (TPSA) is 113 Å². The van der Waals surface area contributed by atoms with E-state index in [-0.39, 0.29) is 24.5 Å². The number of hydrogen-bond donors (Lipinski definition) is 1. The van der Waals surface area contributed by atoms with E-state index in [9.17, 15) is 23.1 Å². The maximum Gasteiger partial charge on any atom is 0.573 e. The molecule has 0 spiro atoms. The number of aryl methyl sites for hydroxylation is 2. The number of thiazole rings is 1. The van der Waals surface area contributed by atoms with Crippen molar-refractivity contribution in [3.8, 4) is 45.0 Å². The molecule has 0 saturated heterocycles. The number of rotatable bonds is 11. The largest absolute Gasteiger partial charge is 0.573 e. The van der Waals surface area contributed by atoms with Crippen LogP contribution in [-0.2, 0) is 11.4 Å². The lowest BCUT2D eigenvalue weighted by Gasteiger charge is -2.23. The molecule has 0 aliphatic carbocycles. The second-order valence-corrected chi connectivity index (χ2v) is 11.5. The summed E-state index contributed by atoms with van der Waals surface area (Å²) < 4.78 is 59.4. The molecule has 0 atom stereocenters. The number of halogens is 3. The second kappa shape index (κ2) is 12.5. The first-order valence-corrected chi connectivity index (χ1v) is 13.9. The van der Waals surface area contributed by atoms with Crippen LogP contribution in [-0.4, -0.2) is 44.1 Å². The van der Waals surface area contributed by atoms with Crippen molar-refractivity contribution < 1.29 is 42.0 Å². The summed E-state index contributed by atoms with van der Waals surface area (Å²) in [6.07, 6.45) is -1.77. The lowest BCUT2D eigenvalue weighted by Crippen LogP contribution is -2.38. The van der Waals surface area contributed by atoms with Crippen molar-refractivity contribution in [3.63, 3.8) is 0 Å². The van der Waals surface area contributed by atoms with E-state index >= 15 is 0 Å². The van der Waals surface area contributed by atoms with Crippen LogP contribution in [0, 0.1) is 13.8 Å². The molecular weight excluding hydrogens is 587 g/mol. The van der Waals surface area contributed by atoms with Gasteiger partial charge < -0.3 is 24.1 Å². The summed E-state index contributed by atoms with van der Waals surface area (Å²) in [6, 6.07) is 9.20. The summed E-state index contributed by atoms with van der Waals surface area (Å²) in [6.45, 7) is 10.3. The maximum absolute atomic E-state index is 12.7. The summed E-state index contributed by atoms with van der Waals surface area (Å²) in [4.78, 5) is 25.4. The minimum Gasteiger partial charge on any atom is -0.486 e. The van der Waals surface area contributed by atoms with Crippen LogP contribution in [0.15, 0.2) is 48.8 Å². The Morgan fingerprint density at radius 2 is 1.56 bits per heavy atom. The van der Waals surface area contributed by atoms with Crippen molar-refractivity contribution in [2.45, 2.75) is 66.2 Å². The van der Waals surface area contributed by atoms with Crippen molar-refractivity contribution >= 4 is 17.3 Å². The Morgan fingerprint density at radius 3 is 2.14 bits per heavy atom. The SMILES string of the molecule is Cc1cc(OC(C)(C)C(=O)O)c(C)cc1OCc1nc(-c2cnc(OC(C)C)nc2)c(-c2ccc(OC(F)(F)F)cc2)s1. The molecule has 2 heterocycles. The van der Waals surface area contributed by atoms with Gasteiger partial charge in [0.1, 0.15) is 28.9 Å². The Kier molecular flexibility index (Phi) is 9.14. The Balaban J connectivity index is 1.63. The van der Waals surface area contributed by atoms with E-state index in [0.29, 0.717) is 43.8 Å². The van der Waals surface area contributed by atoms with E-state index in [1.165, 1.54) is 49.4 Å². The fourth-order valence-corrected chi connectivity index (χ4v) is 4.83. The highest BCUT2D eigenvalue weighted by atomic mass is 32.1. The van der Waals surface area contributed by atoms with Gasteiger partial charge in [-0.3, -0.25) is 0 Å². The van der Waals surface area contributed by atoms with Crippen LogP contribution in [0.1, 0.15) is 43.8 Å². The number of benzene rings is 2. The van der Waals surface area contributed by atoms with Gasteiger partial charge in [-0.1, -0.05) is 0 Å². The highest BCUT2D eigenvalue weighted by molar-refractivity contribution is 7.15. The highest BCUT2D eigenvalue weighted by Crippen LogP contribution is 2.39. The molecule has 0 unspecified atom stereocenters. The number of nitrogens with zero attached hydrogens (tertiary/aromatic N) is 3. The van der Waals surface area contributed by atoms with Gasteiger partial charge in [-0.25, -0.2) is 19.7 Å². The second-order valence-electron chi connectivity index (χ2n) is 10.4. The molecule has 4 aromatic rings. The third-order valence-electron chi connectivity index (χ3n) is 5.97. The van der Waals surface area contributed by atoms with Crippen molar-refractivity contribution in [1.29, 1.82) is 0 Å². The van der Waals surface area contributed by atoms with Gasteiger partial charge in [0.05, 0.1) is 16.7 Å². The van der Waals surface area contributed by atoms with Crippen molar-refractivity contribution in [2.75, 3.05) is 0 Å². The third-order valence-corrected chi connectivity index (χ3v) is 7.05. The molecular formula is C30H30F3N3O6S. The maximum atomic E-state index is 12.7. The number of alkyl halides is 3. The van der Waals surface area contributed by atoms with E-state index in [2.05, 4.69) is 14.7 Å². The molecule has 0 bridgehead atoms. The molecule has 43 heavy (non-hydrogen) atoms. The van der Waals surface area contributed by atoms with E-state index in [0.717, 1.165) is 5.56 Å². The quantitative estimate of drug-likeness (QED) is 0.184. The van der Waals surface area contributed by atoms with Gasteiger partial charge in [-0.15, -0.1) is 24.5 Å². The molecule has 0 aliphatic heterocycles. The zero-order chi connectivity index (χ0) is 31.5. The van der Waals surface area contributed by atoms with Crippen LogP contribution in [0.3, 0.4) is 0 Å². The first-order valence-electron chi connectivity index (χ1n) is 13.1. The minimum atomic E-state index is -4.80. The van der Waals surface area contributed by atoms with Gasteiger partial charge in [0.25, 0.3) is 0 Å². The summed E-state index contributed by atoms with van der Waals surface area (Å²) >= 11 is 1.31. The van der Waals surface area contributed by atoms with Crippen LogP contribution in [0.4, 0.5) is 13.2 Å². The third kappa shape index (κ3) is 8.13. The Hall–Kier alpha value is -4.39. The molecule has 0 radical (unpaired) electrons. The molecule has 1 N–H and O–H groups in total. The summed E-state index contributed by atoms with van der Waals surface area (Å²) in [7, 11) is 0. The fraction of sp³-hybridized carbons (Fsp3) is 0.333. The van der Waals surface area contributed by atoms with Gasteiger partial charge in [0, 0.05) is 18.0 Å². The number of carboxylic acid groups (broad SMARTS) is 1. The van der Waals surface area contributed by atoms with E-state index in [1.807, 2.05) is 20.8 Å². The molecule has 228 valence electrons. The van der Waals surface area contributed by atoms with Crippen LogP contribution in [0.25, 0.3) is 21.7 Å². The lowest BCUT2D eigenvalue weighted by molar-refractivity contribution is -0.274. The van der Waals surface area contributed by atoms with Gasteiger partial charge in [0.15, 0.2) is 5.60 Å². The number of aromatic nitrogens is 3. The lowest BCUT2D eigenvalue weighted by atomic mass is 10.1. The number of aliphatic carboxylic acids is 1. The zero-order valence-electron chi connectivity index (χ0n) is 24.3. The molecule has 4 rings (SSSR count). The first-order chi connectivity index (χ1) is 20.1. The predicted molar refractivity (Wildman–Crippen MR) is 154 cm³/mol. The van der Waals surface area contributed by atoms with Crippen molar-refractivity contribution in [1.82, 2.24) is 15.0 Å². The molecule has 2 aromatic carbocycles. The zero-order valence-corrected chi connectivity index (χ0v) is 25.1. The monoisotopic (exact) mass is 617 g/mol. The normalized spacial score (nSPS) is 11.9. The van der Waals surface area contributed by atoms with Gasteiger partial charge in [0.2, 0.25) is 0 Å². The average Bonchev–Trinajstić information content (AvgIpc) is 3.33. The fourth-order valence-electron chi connectivity index (χ4n) is 3.82. The summed E-state index contributed by atoms with van der Waals surface area (Å²) in [5, 5.41) is 9.99. The van der Waals surface area contributed by atoms with Crippen LogP contribution >= 0.6 is 11.3 Å². The number of ether oxygens (including phenoxy) is 4. The van der Waals surface area contributed by atoms with Gasteiger partial charge in [-0.05, 0) is 94.6 Å². The summed E-state index contributed by atoms with van der Waals surface area (Å²) in [5.41, 5.74) is 1.74. The molecule has 0 saturated carbocycles. The Bertz CT molecular complexity index is 1590. The van der Waals surface area contributed by atoms with Gasteiger partial charge in [-0.2, -0.15) is 0 Å². The van der Waals surface area contributed by atoms with E-state index in [1.54, 1.807) is 31.5 Å². The number of carbonyl (C=O) groups is 1. The van der Waals surface area contributed by atoms with Crippen LogP contribution in [0.5, 0.6) is 23.3 Å². The number of carboxylic acids is 1. The first kappa shape index (κ1) is 31.5. The molecule has 0 amide bonds. The van der Waals surface area contributed by atoms with Crippen LogP contribution in [0.2, 0.25) is 0 Å². The standard InChI is InChI=1S/C30H30F3N3O6S/c1-16(2)40-28-34-13-20(14-35-28)25-26(19-7-9-21(10-8-19)41-30(31,32)33)43-24(36-25)15-39-22-11-18(4)23(12-17(22)3)42-29(5,6)27(37)38/h7-14,16H,15H2,1-6H3,(H,37,38). The van der Waals surface area contributed by atoms with Gasteiger partial charge >= 0.3 is 18.3 Å². The van der Waals surface area contributed by atoms with Crippen molar-refractivity contribution in [2.24, 2.45) is 0 Å². The molecule has 0 fully saturated rings. The van der Waals surface area contributed by atoms with E-state index in [4.69, 9.17) is 19.2 Å². The average molecular weight is 618 g/mol. The van der Waals surface area contributed by atoms with Crippen LogP contribution < -0.4 is 18.9 Å². The molecule has 2 aromatic heterocycles. The Morgan fingerprint density at radius 1 is 0.953 bits per heavy atom. The molecule has 9 nitrogen and oxygen atoms in total. The molecule has 0 aliphatic rings. The number of hydrogen-bond acceptors (Lipinski definition) is 9. The highest BCUT2D eigenvalue weighted by Gasteiger charge is 2.31. The Labute approximate surface area is 250 Å². The smallest absolute Gasteiger partial charge is 0.486 e. The molecule has 13 heteroatoms. The van der Waals surface area contributed by atoms with E-state index < -0.39 is 17.9 Å². The summed E-state index contributed by atoms with van der Waals surface area (Å²) in [5.74, 6) is -0.438. The predicted octanol–water partition coefficient (Wildman–Crippen LogP) is 7.39. The minimum absolute atomic E-state index is 0.0867.